The number of carboxylic acid groups (broad SMARTS) is 1. The van der Waals surface area contributed by atoms with Crippen LogP contribution < -0.4 is 4.90 Å². The molecule has 0 aromatic carbocycles. The molecule has 2 aliphatic rings. The van der Waals surface area contributed by atoms with Crippen molar-refractivity contribution in [1.29, 1.82) is 0 Å². The fraction of sp³-hybridized carbons (Fsp3) is 0.562. The molecule has 2 unspecified atom stereocenters. The number of amides is 1. The number of anilines is 1. The first-order valence-corrected chi connectivity index (χ1v) is 8.55. The first kappa shape index (κ1) is 18.8. The molecule has 6 nitrogen and oxygen atoms in total. The van der Waals surface area contributed by atoms with E-state index in [4.69, 9.17) is 16.7 Å². The number of carbonyl (C=O) groups excluding carboxylic acids is 1. The Morgan fingerprint density at radius 1 is 1.19 bits per heavy atom. The molecule has 0 radical (unpaired) electrons. The fourth-order valence-electron chi connectivity index (χ4n) is 3.14. The summed E-state index contributed by atoms with van der Waals surface area (Å²) in [7, 11) is 0. The molecule has 0 spiro atoms. The summed E-state index contributed by atoms with van der Waals surface area (Å²) >= 11 is 5.99. The Kier molecular flexibility index (Phi) is 5.01. The van der Waals surface area contributed by atoms with Crippen LogP contribution in [0.3, 0.4) is 0 Å². The van der Waals surface area contributed by atoms with Crippen molar-refractivity contribution in [1.82, 2.24) is 9.88 Å². The second-order valence-corrected chi connectivity index (χ2v) is 6.89. The average molecular weight is 392 g/mol. The molecule has 1 saturated carbocycles. The van der Waals surface area contributed by atoms with Crippen LogP contribution in [-0.4, -0.2) is 53.0 Å². The van der Waals surface area contributed by atoms with Gasteiger partial charge in [0, 0.05) is 32.4 Å². The highest BCUT2D eigenvalue weighted by molar-refractivity contribution is 6.33. The van der Waals surface area contributed by atoms with Crippen molar-refractivity contribution in [2.24, 2.45) is 11.8 Å². The van der Waals surface area contributed by atoms with Crippen molar-refractivity contribution in [2.45, 2.75) is 19.0 Å². The maximum absolute atomic E-state index is 12.7. The van der Waals surface area contributed by atoms with Crippen LogP contribution in [0.1, 0.15) is 18.4 Å². The predicted molar refractivity (Wildman–Crippen MR) is 86.9 cm³/mol. The molecule has 1 amide bonds. The number of carbonyl (C=O) groups is 2. The maximum atomic E-state index is 12.7. The molecule has 1 aliphatic carbocycles. The van der Waals surface area contributed by atoms with Gasteiger partial charge in [0.05, 0.1) is 22.4 Å². The summed E-state index contributed by atoms with van der Waals surface area (Å²) in [4.78, 5) is 30.5. The van der Waals surface area contributed by atoms with E-state index in [0.717, 1.165) is 12.3 Å². The molecule has 0 bridgehead atoms. The molecular formula is C16H17ClF3N3O3. The molecule has 2 fully saturated rings. The zero-order chi connectivity index (χ0) is 19.1. The van der Waals surface area contributed by atoms with E-state index in [1.54, 1.807) is 9.80 Å². The molecule has 3 rings (SSSR count). The van der Waals surface area contributed by atoms with Crippen molar-refractivity contribution < 1.29 is 27.9 Å². The highest BCUT2D eigenvalue weighted by Gasteiger charge is 2.49. The minimum atomic E-state index is -4.51. The molecule has 142 valence electrons. The van der Waals surface area contributed by atoms with E-state index in [0.29, 0.717) is 39.0 Å². The Labute approximate surface area is 152 Å². The summed E-state index contributed by atoms with van der Waals surface area (Å²) in [5, 5.41) is 8.86. The van der Waals surface area contributed by atoms with E-state index in [1.165, 1.54) is 0 Å². The van der Waals surface area contributed by atoms with Gasteiger partial charge in [-0.25, -0.2) is 4.98 Å². The summed E-state index contributed by atoms with van der Waals surface area (Å²) in [6.45, 7) is 1.68. The van der Waals surface area contributed by atoms with E-state index >= 15 is 0 Å². The molecule has 26 heavy (non-hydrogen) atoms. The first-order chi connectivity index (χ1) is 12.2. The van der Waals surface area contributed by atoms with E-state index < -0.39 is 29.5 Å². The van der Waals surface area contributed by atoms with Crippen molar-refractivity contribution in [2.75, 3.05) is 31.1 Å². The van der Waals surface area contributed by atoms with Crippen LogP contribution in [0, 0.1) is 11.8 Å². The Hall–Kier alpha value is -2.03. The molecule has 1 aromatic rings. The van der Waals surface area contributed by atoms with Gasteiger partial charge in [0.2, 0.25) is 5.91 Å². The van der Waals surface area contributed by atoms with Gasteiger partial charge in [0.25, 0.3) is 0 Å². The van der Waals surface area contributed by atoms with Gasteiger partial charge in [-0.3, -0.25) is 9.59 Å². The number of rotatable bonds is 3. The van der Waals surface area contributed by atoms with Gasteiger partial charge in [-0.1, -0.05) is 11.6 Å². The Bertz CT molecular complexity index is 728. The normalized spacial score (nSPS) is 23.5. The fourth-order valence-corrected chi connectivity index (χ4v) is 3.43. The van der Waals surface area contributed by atoms with Crippen LogP contribution in [0.4, 0.5) is 19.0 Å². The number of nitrogens with zero attached hydrogens (tertiary/aromatic N) is 3. The number of halogens is 4. The largest absolute Gasteiger partial charge is 0.481 e. The van der Waals surface area contributed by atoms with Crippen LogP contribution in [0.15, 0.2) is 12.3 Å². The summed E-state index contributed by atoms with van der Waals surface area (Å²) in [6.07, 6.45) is -2.81. The zero-order valence-electron chi connectivity index (χ0n) is 13.7. The van der Waals surface area contributed by atoms with Gasteiger partial charge in [-0.2, -0.15) is 13.2 Å². The second kappa shape index (κ2) is 6.94. The van der Waals surface area contributed by atoms with E-state index in [1.807, 2.05) is 0 Å². The molecule has 1 N–H and O–H groups in total. The van der Waals surface area contributed by atoms with Crippen LogP contribution in [-0.2, 0) is 15.8 Å². The highest BCUT2D eigenvalue weighted by atomic mass is 35.5. The van der Waals surface area contributed by atoms with Crippen molar-refractivity contribution in [3.8, 4) is 0 Å². The molecule has 1 aliphatic heterocycles. The SMILES string of the molecule is O=C(O)C1CC1C(=O)N1CCCN(c2ncc(C(F)(F)F)cc2Cl)CC1. The van der Waals surface area contributed by atoms with Gasteiger partial charge in [-0.05, 0) is 18.9 Å². The Morgan fingerprint density at radius 2 is 1.92 bits per heavy atom. The van der Waals surface area contributed by atoms with Gasteiger partial charge in [0.1, 0.15) is 5.82 Å². The lowest BCUT2D eigenvalue weighted by molar-refractivity contribution is -0.141. The molecule has 2 atom stereocenters. The van der Waals surface area contributed by atoms with E-state index in [2.05, 4.69) is 4.98 Å². The highest BCUT2D eigenvalue weighted by Crippen LogP contribution is 2.40. The van der Waals surface area contributed by atoms with Crippen LogP contribution in [0.25, 0.3) is 0 Å². The summed E-state index contributed by atoms with van der Waals surface area (Å²) in [5.74, 6) is -1.95. The van der Waals surface area contributed by atoms with E-state index in [-0.39, 0.29) is 16.7 Å². The van der Waals surface area contributed by atoms with Crippen molar-refractivity contribution in [3.05, 3.63) is 22.8 Å². The van der Waals surface area contributed by atoms with Crippen LogP contribution in [0.2, 0.25) is 5.02 Å². The third kappa shape index (κ3) is 3.87. The molecule has 10 heteroatoms. The van der Waals surface area contributed by atoms with Crippen molar-refractivity contribution in [3.63, 3.8) is 0 Å². The third-order valence-electron chi connectivity index (χ3n) is 4.68. The average Bonchev–Trinajstić information content (AvgIpc) is 3.37. The van der Waals surface area contributed by atoms with Crippen LogP contribution in [0.5, 0.6) is 0 Å². The second-order valence-electron chi connectivity index (χ2n) is 6.48. The number of aliphatic carboxylic acids is 1. The lowest BCUT2D eigenvalue weighted by Gasteiger charge is -2.24. The lowest BCUT2D eigenvalue weighted by Crippen LogP contribution is -2.37. The monoisotopic (exact) mass is 391 g/mol. The lowest BCUT2D eigenvalue weighted by atomic mass is 10.2. The standard InChI is InChI=1S/C16H17ClF3N3O3/c17-12-6-9(16(18,19)20)8-21-13(12)22-2-1-3-23(5-4-22)14(24)10-7-11(10)15(25)26/h6,8,10-11H,1-5,7H2,(H,25,26). The van der Waals surface area contributed by atoms with Gasteiger partial charge in [-0.15, -0.1) is 0 Å². The number of pyridine rings is 1. The smallest absolute Gasteiger partial charge is 0.417 e. The topological polar surface area (TPSA) is 73.7 Å². The van der Waals surface area contributed by atoms with Crippen LogP contribution >= 0.6 is 11.6 Å². The summed E-state index contributed by atoms with van der Waals surface area (Å²) < 4.78 is 38.2. The molecule has 1 saturated heterocycles. The maximum Gasteiger partial charge on any atom is 0.417 e. The molecule has 2 heterocycles. The number of carboxylic acids is 1. The van der Waals surface area contributed by atoms with Gasteiger partial charge >= 0.3 is 12.1 Å². The van der Waals surface area contributed by atoms with Crippen molar-refractivity contribution >= 4 is 29.3 Å². The quantitative estimate of drug-likeness (QED) is 0.857. The predicted octanol–water partition coefficient (Wildman–Crippen LogP) is 2.51. The zero-order valence-corrected chi connectivity index (χ0v) is 14.4. The first-order valence-electron chi connectivity index (χ1n) is 8.17. The number of aromatic nitrogens is 1. The Morgan fingerprint density at radius 3 is 2.50 bits per heavy atom. The summed E-state index contributed by atoms with van der Waals surface area (Å²) in [6, 6.07) is 0.847. The van der Waals surface area contributed by atoms with Gasteiger partial charge in [0.15, 0.2) is 0 Å². The number of hydrogen-bond donors (Lipinski definition) is 1. The number of alkyl halides is 3. The molecule has 1 aromatic heterocycles. The summed E-state index contributed by atoms with van der Waals surface area (Å²) in [5.41, 5.74) is -0.911. The van der Waals surface area contributed by atoms with Gasteiger partial charge < -0.3 is 14.9 Å². The minimum Gasteiger partial charge on any atom is -0.481 e. The van der Waals surface area contributed by atoms with E-state index in [9.17, 15) is 22.8 Å². The Balaban J connectivity index is 1.66. The minimum absolute atomic E-state index is 0.0901. The third-order valence-corrected chi connectivity index (χ3v) is 4.96. The number of hydrogen-bond acceptors (Lipinski definition) is 4. The molecular weight excluding hydrogens is 375 g/mol.